The minimum Gasteiger partial charge on any atom is -0.119 e. The van der Waals surface area contributed by atoms with Crippen molar-refractivity contribution in [2.75, 3.05) is 0 Å². The fourth-order valence-corrected chi connectivity index (χ4v) is 1.06. The Morgan fingerprint density at radius 1 is 1.54 bits per heavy atom. The Bertz CT molecular complexity index is 240. The summed E-state index contributed by atoms with van der Waals surface area (Å²) >= 11 is 0. The standard InChI is InChI=1S/C12H19B/c1-6-10(3)8-9-11(4)12(5)13-7-2/h1,8-10,13H,7H2,2-5H3/b9-8-,12-11+. The molecule has 0 aliphatic heterocycles. The van der Waals surface area contributed by atoms with E-state index >= 15 is 0 Å². The van der Waals surface area contributed by atoms with E-state index in [4.69, 9.17) is 6.42 Å². The third-order valence-corrected chi connectivity index (χ3v) is 2.20. The van der Waals surface area contributed by atoms with Crippen molar-refractivity contribution in [1.82, 2.24) is 0 Å². The van der Waals surface area contributed by atoms with Gasteiger partial charge in [0.2, 0.25) is 0 Å². The molecule has 1 unspecified atom stereocenters. The fraction of sp³-hybridized carbons (Fsp3) is 0.500. The Labute approximate surface area is 83.4 Å². The van der Waals surface area contributed by atoms with Gasteiger partial charge in [0.25, 0.3) is 0 Å². The maximum Gasteiger partial charge on any atom is 0.152 e. The van der Waals surface area contributed by atoms with Gasteiger partial charge in [-0.2, -0.15) is 0 Å². The lowest BCUT2D eigenvalue weighted by Gasteiger charge is -2.01. The Morgan fingerprint density at radius 2 is 2.15 bits per heavy atom. The molecule has 0 bridgehead atoms. The number of allylic oxidation sites excluding steroid dienone is 4. The molecule has 0 heterocycles. The predicted molar refractivity (Wildman–Crippen MR) is 63.1 cm³/mol. The molecule has 0 N–H and O–H groups in total. The third-order valence-electron chi connectivity index (χ3n) is 2.20. The van der Waals surface area contributed by atoms with Gasteiger partial charge in [-0.15, -0.1) is 11.9 Å². The maximum atomic E-state index is 5.28. The maximum absolute atomic E-state index is 5.28. The van der Waals surface area contributed by atoms with Crippen molar-refractivity contribution in [3.63, 3.8) is 0 Å². The highest BCUT2D eigenvalue weighted by molar-refractivity contribution is 6.45. The molecule has 0 aromatic carbocycles. The summed E-state index contributed by atoms with van der Waals surface area (Å²) in [6.45, 7) is 8.55. The molecule has 0 aromatic heterocycles. The molecule has 0 aromatic rings. The first-order chi connectivity index (χ1) is 6.11. The molecule has 0 nitrogen and oxygen atoms in total. The van der Waals surface area contributed by atoms with E-state index in [1.54, 1.807) is 0 Å². The predicted octanol–water partition coefficient (Wildman–Crippen LogP) is 2.98. The highest BCUT2D eigenvalue weighted by atomic mass is 13.9. The molecule has 0 fully saturated rings. The van der Waals surface area contributed by atoms with E-state index in [1.165, 1.54) is 24.6 Å². The zero-order valence-electron chi connectivity index (χ0n) is 9.22. The second-order valence-electron chi connectivity index (χ2n) is 3.53. The van der Waals surface area contributed by atoms with Gasteiger partial charge in [-0.05, 0) is 13.8 Å². The van der Waals surface area contributed by atoms with Crippen LogP contribution in [0.4, 0.5) is 0 Å². The van der Waals surface area contributed by atoms with Crippen molar-refractivity contribution in [2.24, 2.45) is 5.92 Å². The van der Waals surface area contributed by atoms with Crippen LogP contribution in [-0.4, -0.2) is 7.28 Å². The molecule has 0 aliphatic rings. The highest BCUT2D eigenvalue weighted by Crippen LogP contribution is 2.06. The molecule has 70 valence electrons. The van der Waals surface area contributed by atoms with Crippen LogP contribution in [0, 0.1) is 18.3 Å². The van der Waals surface area contributed by atoms with E-state index in [0.717, 1.165) is 0 Å². The monoisotopic (exact) mass is 174 g/mol. The molecule has 0 rings (SSSR count). The average Bonchev–Trinajstić information content (AvgIpc) is 2.13. The number of rotatable bonds is 4. The van der Waals surface area contributed by atoms with Gasteiger partial charge in [0, 0.05) is 5.92 Å². The lowest BCUT2D eigenvalue weighted by molar-refractivity contribution is 0.980. The smallest absolute Gasteiger partial charge is 0.119 e. The van der Waals surface area contributed by atoms with Gasteiger partial charge in [-0.25, -0.2) is 0 Å². The molecular weight excluding hydrogens is 155 g/mol. The summed E-state index contributed by atoms with van der Waals surface area (Å²) < 4.78 is 0. The van der Waals surface area contributed by atoms with E-state index in [2.05, 4.69) is 38.8 Å². The van der Waals surface area contributed by atoms with Crippen LogP contribution in [0.3, 0.4) is 0 Å². The number of terminal acetylenes is 1. The van der Waals surface area contributed by atoms with Gasteiger partial charge in [-0.1, -0.05) is 43.8 Å². The minimum atomic E-state index is 0.240. The molecule has 0 saturated carbocycles. The number of hydrogen-bond acceptors (Lipinski definition) is 0. The van der Waals surface area contributed by atoms with E-state index < -0.39 is 0 Å². The van der Waals surface area contributed by atoms with Gasteiger partial charge in [0.1, 0.15) is 0 Å². The summed E-state index contributed by atoms with van der Waals surface area (Å²) in [6.07, 6.45) is 10.7. The molecular formula is C12H19B. The van der Waals surface area contributed by atoms with Crippen molar-refractivity contribution >= 4 is 7.28 Å². The third kappa shape index (κ3) is 5.36. The molecule has 0 spiro atoms. The quantitative estimate of drug-likeness (QED) is 0.349. The van der Waals surface area contributed by atoms with Crippen molar-refractivity contribution < 1.29 is 0 Å². The van der Waals surface area contributed by atoms with Crippen LogP contribution >= 0.6 is 0 Å². The molecule has 0 saturated heterocycles. The van der Waals surface area contributed by atoms with Crippen LogP contribution in [0.5, 0.6) is 0 Å². The van der Waals surface area contributed by atoms with Gasteiger partial charge in [0.15, 0.2) is 7.28 Å². The Balaban J connectivity index is 4.28. The van der Waals surface area contributed by atoms with Gasteiger partial charge < -0.3 is 0 Å². The van der Waals surface area contributed by atoms with Crippen molar-refractivity contribution in [2.45, 2.75) is 34.0 Å². The summed E-state index contributed by atoms with van der Waals surface area (Å²) in [5, 5.41) is 0. The summed E-state index contributed by atoms with van der Waals surface area (Å²) in [5.41, 5.74) is 2.81. The van der Waals surface area contributed by atoms with E-state index in [1.807, 2.05) is 6.92 Å². The van der Waals surface area contributed by atoms with E-state index in [9.17, 15) is 0 Å². The largest absolute Gasteiger partial charge is 0.152 e. The number of hydrogen-bond donors (Lipinski definition) is 0. The lowest BCUT2D eigenvalue weighted by atomic mass is 9.66. The second kappa shape index (κ2) is 6.60. The second-order valence-corrected chi connectivity index (χ2v) is 3.53. The molecule has 0 amide bonds. The Morgan fingerprint density at radius 3 is 2.62 bits per heavy atom. The summed E-state index contributed by atoms with van der Waals surface area (Å²) in [4.78, 5) is 0. The molecule has 13 heavy (non-hydrogen) atoms. The normalized spacial score (nSPS) is 15.0. The first-order valence-corrected chi connectivity index (χ1v) is 4.92. The molecule has 0 radical (unpaired) electrons. The first kappa shape index (κ1) is 12.1. The SMILES string of the molecule is C#CC(C)/C=C\C(C)=C(/C)BCC. The van der Waals surface area contributed by atoms with Crippen LogP contribution in [0.2, 0.25) is 6.32 Å². The van der Waals surface area contributed by atoms with Crippen LogP contribution < -0.4 is 0 Å². The van der Waals surface area contributed by atoms with E-state index in [-0.39, 0.29) is 5.92 Å². The Kier molecular flexibility index (Phi) is 6.15. The minimum absolute atomic E-state index is 0.240. The van der Waals surface area contributed by atoms with Crippen LogP contribution in [-0.2, 0) is 0 Å². The molecule has 1 atom stereocenters. The van der Waals surface area contributed by atoms with Crippen molar-refractivity contribution in [1.29, 1.82) is 0 Å². The Hall–Kier alpha value is -0.895. The van der Waals surface area contributed by atoms with Crippen molar-refractivity contribution in [3.05, 3.63) is 23.2 Å². The fourth-order valence-electron chi connectivity index (χ4n) is 1.06. The van der Waals surface area contributed by atoms with Gasteiger partial charge in [0.05, 0.1) is 0 Å². The summed E-state index contributed by atoms with van der Waals surface area (Å²) in [5.74, 6) is 2.92. The van der Waals surface area contributed by atoms with Gasteiger partial charge in [-0.3, -0.25) is 0 Å². The topological polar surface area (TPSA) is 0 Å². The summed E-state index contributed by atoms with van der Waals surface area (Å²) in [6, 6.07) is 0. The van der Waals surface area contributed by atoms with E-state index in [0.29, 0.717) is 0 Å². The lowest BCUT2D eigenvalue weighted by Crippen LogP contribution is -1.92. The zero-order valence-corrected chi connectivity index (χ0v) is 9.22. The van der Waals surface area contributed by atoms with Crippen molar-refractivity contribution in [3.8, 4) is 12.3 Å². The van der Waals surface area contributed by atoms with Crippen LogP contribution in [0.15, 0.2) is 23.2 Å². The first-order valence-electron chi connectivity index (χ1n) is 4.92. The van der Waals surface area contributed by atoms with Crippen LogP contribution in [0.1, 0.15) is 27.7 Å². The average molecular weight is 174 g/mol. The molecule has 0 aliphatic carbocycles. The summed E-state index contributed by atoms with van der Waals surface area (Å²) in [7, 11) is 1.18. The highest BCUT2D eigenvalue weighted by Gasteiger charge is 1.94. The molecule has 1 heteroatoms. The van der Waals surface area contributed by atoms with Crippen LogP contribution in [0.25, 0.3) is 0 Å². The zero-order chi connectivity index (χ0) is 10.3. The van der Waals surface area contributed by atoms with Gasteiger partial charge >= 0.3 is 0 Å².